The molecule has 122 valence electrons. The summed E-state index contributed by atoms with van der Waals surface area (Å²) in [5.74, 6) is 1.73. The largest absolute Gasteiger partial charge is 0.477 e. The van der Waals surface area contributed by atoms with Crippen LogP contribution >= 0.6 is 0 Å². The fraction of sp³-hybridized carbons (Fsp3) is 0.188. The van der Waals surface area contributed by atoms with Crippen molar-refractivity contribution >= 4 is 11.7 Å². The maximum Gasteiger partial charge on any atom is 0.262 e. The van der Waals surface area contributed by atoms with Crippen LogP contribution in [0.15, 0.2) is 43.1 Å². The van der Waals surface area contributed by atoms with Crippen LogP contribution < -0.4 is 10.1 Å². The van der Waals surface area contributed by atoms with Crippen molar-refractivity contribution < 1.29 is 9.53 Å². The summed E-state index contributed by atoms with van der Waals surface area (Å²) in [6, 6.07) is 5.00. The molecular formula is C16H16N6O2. The molecule has 0 aliphatic heterocycles. The number of hydrogen-bond donors (Lipinski definition) is 1. The van der Waals surface area contributed by atoms with Gasteiger partial charge in [-0.05, 0) is 26.0 Å². The van der Waals surface area contributed by atoms with Gasteiger partial charge in [-0.1, -0.05) is 0 Å². The number of amides is 1. The van der Waals surface area contributed by atoms with Crippen LogP contribution in [0.4, 0.5) is 5.82 Å². The second kappa shape index (κ2) is 6.86. The van der Waals surface area contributed by atoms with Crippen molar-refractivity contribution in [1.29, 1.82) is 0 Å². The zero-order chi connectivity index (χ0) is 16.9. The Morgan fingerprint density at radius 3 is 2.88 bits per heavy atom. The lowest BCUT2D eigenvalue weighted by molar-refractivity contribution is 0.102. The highest BCUT2D eigenvalue weighted by Gasteiger charge is 2.14. The minimum atomic E-state index is -0.349. The lowest BCUT2D eigenvalue weighted by Crippen LogP contribution is -2.15. The molecule has 0 radical (unpaired) electrons. The van der Waals surface area contributed by atoms with Crippen LogP contribution in [0.25, 0.3) is 5.82 Å². The molecule has 3 rings (SSSR count). The second-order valence-corrected chi connectivity index (χ2v) is 4.85. The van der Waals surface area contributed by atoms with E-state index in [0.29, 0.717) is 23.8 Å². The maximum atomic E-state index is 12.5. The Balaban J connectivity index is 1.84. The molecule has 8 heteroatoms. The lowest BCUT2D eigenvalue weighted by atomic mass is 10.2. The molecule has 3 aromatic rings. The molecule has 8 nitrogen and oxygen atoms in total. The number of aryl methyl sites for hydroxylation is 1. The second-order valence-electron chi connectivity index (χ2n) is 4.85. The predicted octanol–water partition coefficient (Wildman–Crippen LogP) is 2.02. The van der Waals surface area contributed by atoms with Gasteiger partial charge in [0.15, 0.2) is 0 Å². The van der Waals surface area contributed by atoms with E-state index in [0.717, 1.165) is 5.82 Å². The molecule has 24 heavy (non-hydrogen) atoms. The number of ether oxygens (including phenoxy) is 1. The number of anilines is 1. The number of nitrogens with zero attached hydrogens (tertiary/aromatic N) is 5. The summed E-state index contributed by atoms with van der Waals surface area (Å²) in [5, 5.41) is 2.74. The molecule has 0 aliphatic rings. The molecule has 0 saturated carbocycles. The van der Waals surface area contributed by atoms with E-state index in [2.05, 4.69) is 25.3 Å². The molecule has 0 unspecified atom stereocenters. The van der Waals surface area contributed by atoms with Gasteiger partial charge in [-0.3, -0.25) is 9.36 Å². The summed E-state index contributed by atoms with van der Waals surface area (Å²) in [6.45, 7) is 4.12. The summed E-state index contributed by atoms with van der Waals surface area (Å²) in [4.78, 5) is 29.0. The van der Waals surface area contributed by atoms with E-state index < -0.39 is 0 Å². The van der Waals surface area contributed by atoms with Gasteiger partial charge in [-0.25, -0.2) is 19.9 Å². The van der Waals surface area contributed by atoms with E-state index in [9.17, 15) is 4.79 Å². The third-order valence-corrected chi connectivity index (χ3v) is 3.26. The average molecular weight is 324 g/mol. The smallest absolute Gasteiger partial charge is 0.262 e. The van der Waals surface area contributed by atoms with Crippen molar-refractivity contribution in [2.24, 2.45) is 0 Å². The number of pyridine rings is 1. The fourth-order valence-electron chi connectivity index (χ4n) is 2.17. The van der Waals surface area contributed by atoms with Crippen LogP contribution in [0.3, 0.4) is 0 Å². The van der Waals surface area contributed by atoms with Crippen LogP contribution in [-0.4, -0.2) is 37.0 Å². The van der Waals surface area contributed by atoms with Gasteiger partial charge in [-0.2, -0.15) is 0 Å². The molecule has 0 aromatic carbocycles. The van der Waals surface area contributed by atoms with Crippen molar-refractivity contribution in [2.45, 2.75) is 13.8 Å². The number of aromatic nitrogens is 5. The summed E-state index contributed by atoms with van der Waals surface area (Å²) in [5.41, 5.74) is 0.346. The third-order valence-electron chi connectivity index (χ3n) is 3.26. The molecule has 0 saturated heterocycles. The minimum Gasteiger partial charge on any atom is -0.477 e. The van der Waals surface area contributed by atoms with E-state index in [1.165, 1.54) is 6.33 Å². The van der Waals surface area contributed by atoms with E-state index >= 15 is 0 Å². The SMILES string of the molecule is CCOc1ncccc1C(=O)Nc1cc(-n2ccnc2C)ncn1. The van der Waals surface area contributed by atoms with E-state index in [1.54, 1.807) is 41.4 Å². The van der Waals surface area contributed by atoms with Gasteiger partial charge in [0.2, 0.25) is 5.88 Å². The highest BCUT2D eigenvalue weighted by molar-refractivity contribution is 6.05. The Morgan fingerprint density at radius 2 is 2.12 bits per heavy atom. The Morgan fingerprint density at radius 1 is 1.25 bits per heavy atom. The number of rotatable bonds is 5. The summed E-state index contributed by atoms with van der Waals surface area (Å²) >= 11 is 0. The van der Waals surface area contributed by atoms with Gasteiger partial charge in [-0.15, -0.1) is 0 Å². The van der Waals surface area contributed by atoms with Gasteiger partial charge in [0.25, 0.3) is 5.91 Å². The first-order chi connectivity index (χ1) is 11.7. The Bertz CT molecular complexity index is 861. The molecule has 3 heterocycles. The minimum absolute atomic E-state index is 0.289. The fourth-order valence-corrected chi connectivity index (χ4v) is 2.17. The van der Waals surface area contributed by atoms with Crippen LogP contribution in [-0.2, 0) is 0 Å². The van der Waals surface area contributed by atoms with Gasteiger partial charge in [0.05, 0.1) is 6.61 Å². The predicted molar refractivity (Wildman–Crippen MR) is 87.3 cm³/mol. The van der Waals surface area contributed by atoms with Crippen molar-refractivity contribution in [2.75, 3.05) is 11.9 Å². The molecule has 0 fully saturated rings. The van der Waals surface area contributed by atoms with Gasteiger partial charge in [0.1, 0.15) is 29.4 Å². The van der Waals surface area contributed by atoms with Gasteiger partial charge in [0, 0.05) is 24.7 Å². The topological polar surface area (TPSA) is 94.8 Å². The molecule has 1 amide bonds. The first kappa shape index (κ1) is 15.6. The molecule has 0 bridgehead atoms. The quantitative estimate of drug-likeness (QED) is 0.771. The average Bonchev–Trinajstić information content (AvgIpc) is 3.02. The maximum absolute atomic E-state index is 12.5. The Kier molecular flexibility index (Phi) is 4.46. The number of hydrogen-bond acceptors (Lipinski definition) is 6. The van der Waals surface area contributed by atoms with Crippen molar-refractivity contribution in [3.05, 3.63) is 54.5 Å². The lowest BCUT2D eigenvalue weighted by Gasteiger charge is -2.10. The molecule has 0 aliphatic carbocycles. The summed E-state index contributed by atoms with van der Waals surface area (Å²) in [7, 11) is 0. The van der Waals surface area contributed by atoms with Crippen molar-refractivity contribution in [1.82, 2.24) is 24.5 Å². The summed E-state index contributed by atoms with van der Waals surface area (Å²) in [6.07, 6.45) is 6.43. The Labute approximate surface area is 138 Å². The molecule has 0 atom stereocenters. The molecule has 1 N–H and O–H groups in total. The first-order valence-corrected chi connectivity index (χ1v) is 7.40. The highest BCUT2D eigenvalue weighted by Crippen LogP contribution is 2.17. The monoisotopic (exact) mass is 324 g/mol. The molecule has 0 spiro atoms. The Hall–Kier alpha value is -3.29. The van der Waals surface area contributed by atoms with Crippen molar-refractivity contribution in [3.8, 4) is 11.7 Å². The van der Waals surface area contributed by atoms with Crippen molar-refractivity contribution in [3.63, 3.8) is 0 Å². The van der Waals surface area contributed by atoms with E-state index in [4.69, 9.17) is 4.74 Å². The molecule has 3 aromatic heterocycles. The first-order valence-electron chi connectivity index (χ1n) is 7.40. The van der Waals surface area contributed by atoms with Gasteiger partial charge < -0.3 is 10.1 Å². The van der Waals surface area contributed by atoms with Gasteiger partial charge >= 0.3 is 0 Å². The van der Waals surface area contributed by atoms with Crippen LogP contribution in [0, 0.1) is 6.92 Å². The highest BCUT2D eigenvalue weighted by atomic mass is 16.5. The number of imidazole rings is 1. The standard InChI is InChI=1S/C16H16N6O2/c1-3-24-16-12(5-4-6-18-16)15(23)21-13-9-14(20-10-19-13)22-8-7-17-11(22)2/h4-10H,3H2,1-2H3,(H,19,20,21,23). The third kappa shape index (κ3) is 3.22. The number of carbonyl (C=O) groups is 1. The zero-order valence-electron chi connectivity index (χ0n) is 13.3. The van der Waals surface area contributed by atoms with Crippen LogP contribution in [0.5, 0.6) is 5.88 Å². The van der Waals surface area contributed by atoms with E-state index in [-0.39, 0.29) is 11.8 Å². The molecular weight excluding hydrogens is 308 g/mol. The summed E-state index contributed by atoms with van der Waals surface area (Å²) < 4.78 is 7.18. The van der Waals surface area contributed by atoms with Crippen LogP contribution in [0.2, 0.25) is 0 Å². The normalized spacial score (nSPS) is 10.4. The number of carbonyl (C=O) groups excluding carboxylic acids is 1. The zero-order valence-corrected chi connectivity index (χ0v) is 13.3. The van der Waals surface area contributed by atoms with E-state index in [1.807, 2.05) is 13.8 Å². The van der Waals surface area contributed by atoms with Crippen LogP contribution in [0.1, 0.15) is 23.1 Å². The number of nitrogens with one attached hydrogen (secondary N) is 1.